The first-order valence-corrected chi connectivity index (χ1v) is 6.04. The number of fused-ring (bicyclic) bond motifs is 1. The van der Waals surface area contributed by atoms with Crippen LogP contribution in [0.3, 0.4) is 0 Å². The van der Waals surface area contributed by atoms with E-state index in [1.165, 1.54) is 19.4 Å². The molecule has 13 heavy (non-hydrogen) atoms. The second-order valence-electron chi connectivity index (χ2n) is 4.37. The molecule has 1 nitrogen and oxygen atoms in total. The molecule has 1 aliphatic carbocycles. The van der Waals surface area contributed by atoms with Gasteiger partial charge in [-0.05, 0) is 48.2 Å². The van der Waals surface area contributed by atoms with Gasteiger partial charge in [0, 0.05) is 10.9 Å². The summed E-state index contributed by atoms with van der Waals surface area (Å²) in [5.41, 5.74) is 1.60. The standard InChI is InChI=1S/C11H15NS/c1-7-6-9(7)10-11-8(2-4-12-10)3-5-13-11/h3,5,7,9-10,12H,2,4,6H2,1H3. The normalized spacial score (nSPS) is 37.2. The van der Waals surface area contributed by atoms with Crippen molar-refractivity contribution in [3.63, 3.8) is 0 Å². The van der Waals surface area contributed by atoms with E-state index in [2.05, 4.69) is 23.7 Å². The predicted octanol–water partition coefficient (Wildman–Crippen LogP) is 2.59. The highest BCUT2D eigenvalue weighted by atomic mass is 32.1. The Balaban J connectivity index is 1.91. The van der Waals surface area contributed by atoms with Crippen molar-refractivity contribution in [2.24, 2.45) is 11.8 Å². The van der Waals surface area contributed by atoms with Crippen LogP contribution in [0.4, 0.5) is 0 Å². The third-order valence-electron chi connectivity index (χ3n) is 3.42. The fraction of sp³-hybridized carbons (Fsp3) is 0.636. The van der Waals surface area contributed by atoms with Gasteiger partial charge < -0.3 is 5.32 Å². The zero-order chi connectivity index (χ0) is 8.84. The van der Waals surface area contributed by atoms with E-state index in [4.69, 9.17) is 0 Å². The van der Waals surface area contributed by atoms with Crippen molar-refractivity contribution >= 4 is 11.3 Å². The lowest BCUT2D eigenvalue weighted by atomic mass is 10.00. The molecule has 0 saturated heterocycles. The monoisotopic (exact) mass is 193 g/mol. The van der Waals surface area contributed by atoms with E-state index in [-0.39, 0.29) is 0 Å². The van der Waals surface area contributed by atoms with E-state index in [0.29, 0.717) is 6.04 Å². The largest absolute Gasteiger partial charge is 0.309 e. The maximum atomic E-state index is 3.66. The van der Waals surface area contributed by atoms with Crippen LogP contribution in [-0.2, 0) is 6.42 Å². The average molecular weight is 193 g/mol. The number of rotatable bonds is 1. The molecular formula is C11H15NS. The quantitative estimate of drug-likeness (QED) is 0.723. The number of hydrogen-bond donors (Lipinski definition) is 1. The Labute approximate surface area is 83.2 Å². The molecule has 2 heteroatoms. The third-order valence-corrected chi connectivity index (χ3v) is 4.46. The van der Waals surface area contributed by atoms with Crippen LogP contribution in [0.2, 0.25) is 0 Å². The van der Waals surface area contributed by atoms with Crippen molar-refractivity contribution in [2.75, 3.05) is 6.54 Å². The molecule has 70 valence electrons. The van der Waals surface area contributed by atoms with Gasteiger partial charge in [0.1, 0.15) is 0 Å². The summed E-state index contributed by atoms with van der Waals surface area (Å²) in [5.74, 6) is 1.88. The summed E-state index contributed by atoms with van der Waals surface area (Å²) in [4.78, 5) is 1.63. The van der Waals surface area contributed by atoms with Gasteiger partial charge in [-0.25, -0.2) is 0 Å². The highest BCUT2D eigenvalue weighted by Crippen LogP contribution is 2.49. The van der Waals surface area contributed by atoms with Crippen molar-refractivity contribution in [1.29, 1.82) is 0 Å². The second kappa shape index (κ2) is 2.82. The van der Waals surface area contributed by atoms with Gasteiger partial charge in [-0.3, -0.25) is 0 Å². The van der Waals surface area contributed by atoms with Gasteiger partial charge in [-0.2, -0.15) is 0 Å². The molecule has 3 atom stereocenters. The molecule has 0 bridgehead atoms. The van der Waals surface area contributed by atoms with Gasteiger partial charge in [0.25, 0.3) is 0 Å². The summed E-state index contributed by atoms with van der Waals surface area (Å²) in [7, 11) is 0. The van der Waals surface area contributed by atoms with E-state index in [0.717, 1.165) is 11.8 Å². The van der Waals surface area contributed by atoms with Crippen molar-refractivity contribution < 1.29 is 0 Å². The molecule has 3 unspecified atom stereocenters. The van der Waals surface area contributed by atoms with Crippen LogP contribution < -0.4 is 5.32 Å². The van der Waals surface area contributed by atoms with E-state index in [1.807, 2.05) is 11.3 Å². The number of thiophene rings is 1. The zero-order valence-corrected chi connectivity index (χ0v) is 8.73. The molecular weight excluding hydrogens is 178 g/mol. The number of hydrogen-bond acceptors (Lipinski definition) is 2. The zero-order valence-electron chi connectivity index (χ0n) is 7.92. The minimum atomic E-state index is 0.693. The first kappa shape index (κ1) is 8.01. The minimum absolute atomic E-state index is 0.693. The molecule has 0 amide bonds. The molecule has 1 saturated carbocycles. The van der Waals surface area contributed by atoms with Crippen molar-refractivity contribution in [3.05, 3.63) is 21.9 Å². The Morgan fingerprint density at radius 3 is 3.15 bits per heavy atom. The van der Waals surface area contributed by atoms with Crippen LogP contribution in [0.1, 0.15) is 29.8 Å². The maximum Gasteiger partial charge on any atom is 0.0448 e. The fourth-order valence-electron chi connectivity index (χ4n) is 2.44. The van der Waals surface area contributed by atoms with Crippen LogP contribution in [0, 0.1) is 11.8 Å². The van der Waals surface area contributed by atoms with Gasteiger partial charge >= 0.3 is 0 Å². The van der Waals surface area contributed by atoms with Gasteiger partial charge in [0.2, 0.25) is 0 Å². The van der Waals surface area contributed by atoms with Gasteiger partial charge in [-0.1, -0.05) is 6.92 Å². The summed E-state index contributed by atoms with van der Waals surface area (Å²) in [6, 6.07) is 3.00. The molecule has 1 N–H and O–H groups in total. The molecule has 0 spiro atoms. The highest BCUT2D eigenvalue weighted by molar-refractivity contribution is 7.10. The molecule has 1 aromatic heterocycles. The van der Waals surface area contributed by atoms with Gasteiger partial charge in [0.15, 0.2) is 0 Å². The molecule has 1 fully saturated rings. The minimum Gasteiger partial charge on any atom is -0.309 e. The molecule has 2 heterocycles. The average Bonchev–Trinajstić information content (AvgIpc) is 2.66. The number of nitrogens with one attached hydrogen (secondary N) is 1. The SMILES string of the molecule is CC1CC1C1NCCc2ccsc21. The molecule has 3 rings (SSSR count). The van der Waals surface area contributed by atoms with E-state index >= 15 is 0 Å². The Hall–Kier alpha value is -0.340. The van der Waals surface area contributed by atoms with Gasteiger partial charge in [-0.15, -0.1) is 11.3 Å². The summed E-state index contributed by atoms with van der Waals surface area (Å²) in [5, 5.41) is 5.91. The third kappa shape index (κ3) is 1.24. The maximum absolute atomic E-state index is 3.66. The van der Waals surface area contributed by atoms with Crippen molar-refractivity contribution in [2.45, 2.75) is 25.8 Å². The summed E-state index contributed by atoms with van der Waals surface area (Å²) >= 11 is 1.94. The van der Waals surface area contributed by atoms with E-state index < -0.39 is 0 Å². The van der Waals surface area contributed by atoms with Gasteiger partial charge in [0.05, 0.1) is 0 Å². The lowest BCUT2D eigenvalue weighted by Crippen LogP contribution is -2.30. The van der Waals surface area contributed by atoms with Crippen molar-refractivity contribution in [3.8, 4) is 0 Å². The van der Waals surface area contributed by atoms with Crippen LogP contribution in [0.15, 0.2) is 11.4 Å². The second-order valence-corrected chi connectivity index (χ2v) is 5.32. The molecule has 1 aliphatic heterocycles. The molecule has 2 aliphatic rings. The molecule has 1 aromatic rings. The summed E-state index contributed by atoms with van der Waals surface area (Å²) < 4.78 is 0. The lowest BCUT2D eigenvalue weighted by Gasteiger charge is -2.24. The Kier molecular flexibility index (Phi) is 1.74. The molecule has 0 aromatic carbocycles. The first-order valence-electron chi connectivity index (χ1n) is 5.16. The van der Waals surface area contributed by atoms with Crippen LogP contribution in [0.25, 0.3) is 0 Å². The van der Waals surface area contributed by atoms with E-state index in [9.17, 15) is 0 Å². The van der Waals surface area contributed by atoms with Crippen molar-refractivity contribution in [1.82, 2.24) is 5.32 Å². The fourth-order valence-corrected chi connectivity index (χ4v) is 3.55. The smallest absolute Gasteiger partial charge is 0.0448 e. The van der Waals surface area contributed by atoms with Crippen LogP contribution in [0.5, 0.6) is 0 Å². The van der Waals surface area contributed by atoms with Crippen LogP contribution in [-0.4, -0.2) is 6.54 Å². The Morgan fingerprint density at radius 2 is 2.38 bits per heavy atom. The first-order chi connectivity index (χ1) is 6.36. The summed E-state index contributed by atoms with van der Waals surface area (Å²) in [6.07, 6.45) is 2.66. The Bertz CT molecular complexity index is 318. The lowest BCUT2D eigenvalue weighted by molar-refractivity contribution is 0.450. The predicted molar refractivity (Wildman–Crippen MR) is 56.0 cm³/mol. The highest BCUT2D eigenvalue weighted by Gasteiger charge is 2.42. The summed E-state index contributed by atoms with van der Waals surface area (Å²) in [6.45, 7) is 3.55. The van der Waals surface area contributed by atoms with E-state index in [1.54, 1.807) is 10.4 Å². The Morgan fingerprint density at radius 1 is 1.54 bits per heavy atom. The topological polar surface area (TPSA) is 12.0 Å². The van der Waals surface area contributed by atoms with Crippen LogP contribution >= 0.6 is 11.3 Å². The molecule has 0 radical (unpaired) electrons.